The van der Waals surface area contributed by atoms with Gasteiger partial charge in [0.1, 0.15) is 4.88 Å². The van der Waals surface area contributed by atoms with E-state index in [1.54, 1.807) is 6.07 Å². The fourth-order valence-electron chi connectivity index (χ4n) is 2.46. The number of carbonyl (C=O) groups excluding carboxylic acids is 1. The molecule has 0 aliphatic carbocycles. The zero-order valence-corrected chi connectivity index (χ0v) is 12.2. The Kier molecular flexibility index (Phi) is 5.03. The van der Waals surface area contributed by atoms with E-state index in [2.05, 4.69) is 5.32 Å². The van der Waals surface area contributed by atoms with Gasteiger partial charge in [0, 0.05) is 12.6 Å². The lowest BCUT2D eigenvalue weighted by atomic mass is 9.99. The zero-order valence-electron chi connectivity index (χ0n) is 10.6. The van der Waals surface area contributed by atoms with Gasteiger partial charge in [-0.1, -0.05) is 11.6 Å². The summed E-state index contributed by atoms with van der Waals surface area (Å²) in [5.41, 5.74) is 0. The van der Waals surface area contributed by atoms with E-state index in [9.17, 15) is 4.79 Å². The van der Waals surface area contributed by atoms with Crippen molar-refractivity contribution in [1.82, 2.24) is 10.2 Å². The van der Waals surface area contributed by atoms with Crippen molar-refractivity contribution in [2.45, 2.75) is 31.7 Å². The van der Waals surface area contributed by atoms with Crippen LogP contribution in [0.1, 0.15) is 35.4 Å². The first-order valence-corrected chi connectivity index (χ1v) is 7.68. The molecule has 1 aromatic rings. The van der Waals surface area contributed by atoms with Gasteiger partial charge in [-0.25, -0.2) is 0 Å². The Morgan fingerprint density at radius 2 is 2.44 bits per heavy atom. The number of thiophene rings is 1. The minimum atomic E-state index is 0.107. The Hall–Kier alpha value is -0.580. The molecule has 18 heavy (non-hydrogen) atoms. The van der Waals surface area contributed by atoms with Gasteiger partial charge >= 0.3 is 0 Å². The van der Waals surface area contributed by atoms with E-state index in [4.69, 9.17) is 11.6 Å². The molecular weight excluding hydrogens is 268 g/mol. The Morgan fingerprint density at radius 3 is 3.11 bits per heavy atom. The topological polar surface area (TPSA) is 32.3 Å². The maximum Gasteiger partial charge on any atom is 0.265 e. The van der Waals surface area contributed by atoms with E-state index in [1.165, 1.54) is 17.8 Å². The minimum Gasteiger partial charge on any atom is -0.335 e. The van der Waals surface area contributed by atoms with Crippen LogP contribution in [0.2, 0.25) is 5.02 Å². The number of likely N-dealkylation sites (tertiary alicyclic amines) is 1. The third-order valence-electron chi connectivity index (χ3n) is 3.43. The Morgan fingerprint density at radius 1 is 1.61 bits per heavy atom. The van der Waals surface area contributed by atoms with Crippen LogP contribution in [0.5, 0.6) is 0 Å². The second-order valence-corrected chi connectivity index (χ2v) is 5.96. The van der Waals surface area contributed by atoms with Gasteiger partial charge < -0.3 is 10.2 Å². The minimum absolute atomic E-state index is 0.107. The number of amides is 1. The molecule has 1 fully saturated rings. The van der Waals surface area contributed by atoms with Crippen LogP contribution in [0.25, 0.3) is 0 Å². The highest BCUT2D eigenvalue weighted by molar-refractivity contribution is 7.12. The standard InChI is InChI=1S/C13H19ClN2OS/c1-15-7-5-10-4-2-3-8-16(10)13(17)12-11(14)6-9-18-12/h6,9-10,15H,2-5,7-8H2,1H3. The lowest BCUT2D eigenvalue weighted by Crippen LogP contribution is -2.44. The second kappa shape index (κ2) is 6.55. The molecule has 2 rings (SSSR count). The Bertz CT molecular complexity index is 407. The molecule has 1 aromatic heterocycles. The first-order valence-electron chi connectivity index (χ1n) is 6.42. The van der Waals surface area contributed by atoms with Crippen molar-refractivity contribution in [1.29, 1.82) is 0 Å². The van der Waals surface area contributed by atoms with Gasteiger partial charge in [0.2, 0.25) is 0 Å². The highest BCUT2D eigenvalue weighted by Crippen LogP contribution is 2.27. The molecule has 2 heterocycles. The van der Waals surface area contributed by atoms with Crippen LogP contribution >= 0.6 is 22.9 Å². The van der Waals surface area contributed by atoms with Gasteiger partial charge in [-0.2, -0.15) is 0 Å². The summed E-state index contributed by atoms with van der Waals surface area (Å²) in [6.45, 7) is 1.81. The molecule has 0 bridgehead atoms. The maximum absolute atomic E-state index is 12.5. The van der Waals surface area contributed by atoms with Crippen LogP contribution in [-0.2, 0) is 0 Å². The molecule has 0 radical (unpaired) electrons. The third-order valence-corrected chi connectivity index (χ3v) is 4.76. The van der Waals surface area contributed by atoms with Gasteiger partial charge in [0.25, 0.3) is 5.91 Å². The Labute approximate surface area is 117 Å². The molecule has 1 atom stereocenters. The van der Waals surface area contributed by atoms with Crippen LogP contribution in [-0.4, -0.2) is 37.0 Å². The van der Waals surface area contributed by atoms with Crippen LogP contribution in [0, 0.1) is 0 Å². The SMILES string of the molecule is CNCCC1CCCCN1C(=O)c1sccc1Cl. The molecule has 3 nitrogen and oxygen atoms in total. The smallest absolute Gasteiger partial charge is 0.265 e. The van der Waals surface area contributed by atoms with Crippen molar-refractivity contribution < 1.29 is 4.79 Å². The number of nitrogens with zero attached hydrogens (tertiary/aromatic N) is 1. The molecule has 0 spiro atoms. The summed E-state index contributed by atoms with van der Waals surface area (Å²) in [6.07, 6.45) is 4.45. The van der Waals surface area contributed by atoms with Crippen molar-refractivity contribution in [2.75, 3.05) is 20.1 Å². The quantitative estimate of drug-likeness (QED) is 0.923. The summed E-state index contributed by atoms with van der Waals surface area (Å²) in [6, 6.07) is 2.16. The average molecular weight is 287 g/mol. The summed E-state index contributed by atoms with van der Waals surface area (Å²) < 4.78 is 0. The molecule has 5 heteroatoms. The predicted octanol–water partition coefficient (Wildman–Crippen LogP) is 3.01. The number of nitrogens with one attached hydrogen (secondary N) is 1. The lowest BCUT2D eigenvalue weighted by Gasteiger charge is -2.35. The molecule has 100 valence electrons. The fraction of sp³-hybridized carbons (Fsp3) is 0.615. The van der Waals surface area contributed by atoms with E-state index >= 15 is 0 Å². The second-order valence-electron chi connectivity index (χ2n) is 4.64. The number of piperidine rings is 1. The summed E-state index contributed by atoms with van der Waals surface area (Å²) in [5, 5.41) is 5.62. The van der Waals surface area contributed by atoms with Crippen molar-refractivity contribution in [3.8, 4) is 0 Å². The molecule has 0 saturated carbocycles. The van der Waals surface area contributed by atoms with Crippen LogP contribution < -0.4 is 5.32 Å². The average Bonchev–Trinajstić information content (AvgIpc) is 2.82. The molecule has 1 saturated heterocycles. The van der Waals surface area contributed by atoms with E-state index in [0.717, 1.165) is 32.4 Å². The monoisotopic (exact) mass is 286 g/mol. The number of carbonyl (C=O) groups is 1. The summed E-state index contributed by atoms with van der Waals surface area (Å²) in [7, 11) is 1.95. The summed E-state index contributed by atoms with van der Waals surface area (Å²) >= 11 is 7.49. The van der Waals surface area contributed by atoms with Crippen molar-refractivity contribution in [2.24, 2.45) is 0 Å². The third kappa shape index (κ3) is 3.05. The van der Waals surface area contributed by atoms with Crippen LogP contribution in [0.4, 0.5) is 0 Å². The van der Waals surface area contributed by atoms with Crippen molar-refractivity contribution in [3.05, 3.63) is 21.3 Å². The summed E-state index contributed by atoms with van der Waals surface area (Å²) in [5.74, 6) is 0.107. The largest absolute Gasteiger partial charge is 0.335 e. The maximum atomic E-state index is 12.5. The van der Waals surface area contributed by atoms with Gasteiger partial charge in [0.15, 0.2) is 0 Å². The van der Waals surface area contributed by atoms with Crippen LogP contribution in [0.3, 0.4) is 0 Å². The van der Waals surface area contributed by atoms with Gasteiger partial charge in [-0.15, -0.1) is 11.3 Å². The molecular formula is C13H19ClN2OS. The highest BCUT2D eigenvalue weighted by Gasteiger charge is 2.28. The first kappa shape index (κ1) is 13.8. The number of hydrogen-bond acceptors (Lipinski definition) is 3. The molecule has 1 N–H and O–H groups in total. The molecule has 0 aromatic carbocycles. The van der Waals surface area contributed by atoms with Crippen LogP contribution in [0.15, 0.2) is 11.4 Å². The first-order chi connectivity index (χ1) is 8.74. The molecule has 1 amide bonds. The molecule has 1 aliphatic rings. The lowest BCUT2D eigenvalue weighted by molar-refractivity contribution is 0.0608. The van der Waals surface area contributed by atoms with Gasteiger partial charge in [-0.05, 0) is 50.7 Å². The predicted molar refractivity (Wildman–Crippen MR) is 76.5 cm³/mol. The molecule has 1 unspecified atom stereocenters. The number of hydrogen-bond donors (Lipinski definition) is 1. The van der Waals surface area contributed by atoms with E-state index in [-0.39, 0.29) is 5.91 Å². The van der Waals surface area contributed by atoms with E-state index in [0.29, 0.717) is 15.9 Å². The number of halogens is 1. The van der Waals surface area contributed by atoms with E-state index < -0.39 is 0 Å². The van der Waals surface area contributed by atoms with Gasteiger partial charge in [-0.3, -0.25) is 4.79 Å². The summed E-state index contributed by atoms with van der Waals surface area (Å²) in [4.78, 5) is 15.2. The molecule has 1 aliphatic heterocycles. The van der Waals surface area contributed by atoms with E-state index in [1.807, 2.05) is 17.3 Å². The Balaban J connectivity index is 2.08. The fourth-order valence-corrected chi connectivity index (χ4v) is 3.55. The zero-order chi connectivity index (χ0) is 13.0. The highest BCUT2D eigenvalue weighted by atomic mass is 35.5. The normalized spacial score (nSPS) is 20.1. The number of rotatable bonds is 4. The van der Waals surface area contributed by atoms with Gasteiger partial charge in [0.05, 0.1) is 5.02 Å². The van der Waals surface area contributed by atoms with Crippen molar-refractivity contribution >= 4 is 28.8 Å². The van der Waals surface area contributed by atoms with Crippen molar-refractivity contribution in [3.63, 3.8) is 0 Å².